The molecule has 20 nitrogen and oxygen atoms in total. The number of carbonyl (C=O) groups is 8. The summed E-state index contributed by atoms with van der Waals surface area (Å²) >= 11 is 2.83. The van der Waals surface area contributed by atoms with Gasteiger partial charge in [-0.2, -0.15) is 11.8 Å². The van der Waals surface area contributed by atoms with Crippen LogP contribution < -0.4 is 21.3 Å². The lowest BCUT2D eigenvalue weighted by molar-refractivity contribution is -0.149. The van der Waals surface area contributed by atoms with Crippen molar-refractivity contribution in [3.8, 4) is 0 Å². The van der Waals surface area contributed by atoms with E-state index < -0.39 is 54.4 Å². The standard InChI is InChI=1S/C46H54N4O16S2/c1-3-39(51)59-22-23-61-41(53)19-9-6-10-21-63-43(55)47-34-14-12-16-36(30-34)50-46(58)66-37(32-67-27-20-42(54)62-26-28-68-38-17-7-5-8-18-38)31-65-45(57)49-35-15-11-13-33(29-35)48-44(56)64-25-24-60-40(52)4-2/h3-5,7-8,11-18,29-30,37H,1-2,6,9-10,19-28,31-32H2,(H,47,55)(H,48,56)(H,49,57)(H,50,58). The molecule has 0 aliphatic carbocycles. The van der Waals surface area contributed by atoms with Crippen molar-refractivity contribution in [2.45, 2.75) is 43.1 Å². The zero-order valence-electron chi connectivity index (χ0n) is 37.1. The molecule has 0 aromatic heterocycles. The lowest BCUT2D eigenvalue weighted by Gasteiger charge is -2.18. The summed E-state index contributed by atoms with van der Waals surface area (Å²) in [7, 11) is 0. The van der Waals surface area contributed by atoms with Gasteiger partial charge in [0.05, 0.1) is 13.0 Å². The smallest absolute Gasteiger partial charge is 0.412 e. The van der Waals surface area contributed by atoms with Crippen LogP contribution in [0.3, 0.4) is 0 Å². The first-order valence-electron chi connectivity index (χ1n) is 21.1. The zero-order chi connectivity index (χ0) is 49.2. The second-order valence-corrected chi connectivity index (χ2v) is 15.9. The third kappa shape index (κ3) is 26.1. The summed E-state index contributed by atoms with van der Waals surface area (Å²) in [6, 6.07) is 21.9. The van der Waals surface area contributed by atoms with Gasteiger partial charge < -0.3 is 37.9 Å². The van der Waals surface area contributed by atoms with Crippen LogP contribution in [0.15, 0.2) is 109 Å². The fourth-order valence-electron chi connectivity index (χ4n) is 5.15. The van der Waals surface area contributed by atoms with Crippen LogP contribution in [-0.4, -0.2) is 118 Å². The Labute approximate surface area is 401 Å². The normalized spacial score (nSPS) is 10.7. The molecule has 0 spiro atoms. The van der Waals surface area contributed by atoms with E-state index in [4.69, 9.17) is 37.9 Å². The van der Waals surface area contributed by atoms with Gasteiger partial charge in [0.25, 0.3) is 0 Å². The largest absolute Gasteiger partial charge is 0.465 e. The number of thioether (sulfide) groups is 2. The first-order chi connectivity index (χ1) is 32.9. The van der Waals surface area contributed by atoms with E-state index in [2.05, 4.69) is 34.4 Å². The van der Waals surface area contributed by atoms with Crippen LogP contribution in [-0.2, 0) is 57.1 Å². The molecule has 1 atom stereocenters. The van der Waals surface area contributed by atoms with E-state index in [1.165, 1.54) is 30.0 Å². The molecule has 3 aromatic carbocycles. The third-order valence-electron chi connectivity index (χ3n) is 8.24. The summed E-state index contributed by atoms with van der Waals surface area (Å²) in [5.41, 5.74) is 1.07. The maximum Gasteiger partial charge on any atom is 0.412 e. The molecule has 0 fully saturated rings. The summed E-state index contributed by atoms with van der Waals surface area (Å²) in [4.78, 5) is 97.9. The molecule has 68 heavy (non-hydrogen) atoms. The molecule has 0 bridgehead atoms. The van der Waals surface area contributed by atoms with Gasteiger partial charge in [-0.3, -0.25) is 30.9 Å². The van der Waals surface area contributed by atoms with Crippen molar-refractivity contribution in [3.63, 3.8) is 0 Å². The highest BCUT2D eigenvalue weighted by atomic mass is 32.2. The van der Waals surface area contributed by atoms with Gasteiger partial charge in [0, 0.05) is 63.5 Å². The van der Waals surface area contributed by atoms with Gasteiger partial charge in [-0.05, 0) is 67.8 Å². The number of rotatable bonds is 30. The molecule has 3 aromatic rings. The third-order valence-corrected chi connectivity index (χ3v) is 10.3. The summed E-state index contributed by atoms with van der Waals surface area (Å²) in [5.74, 6) is -1.08. The number of anilines is 4. The lowest BCUT2D eigenvalue weighted by Crippen LogP contribution is -2.31. The predicted octanol–water partition coefficient (Wildman–Crippen LogP) is 7.97. The zero-order valence-corrected chi connectivity index (χ0v) is 38.7. The molecule has 4 amide bonds. The monoisotopic (exact) mass is 982 g/mol. The number of benzene rings is 3. The summed E-state index contributed by atoms with van der Waals surface area (Å²) < 4.78 is 41.0. The minimum absolute atomic E-state index is 0.0605. The van der Waals surface area contributed by atoms with Crippen molar-refractivity contribution in [1.82, 2.24) is 0 Å². The molecule has 4 N–H and O–H groups in total. The topological polar surface area (TPSA) is 259 Å². The number of unbranched alkanes of at least 4 members (excludes halogenated alkanes) is 2. The van der Waals surface area contributed by atoms with Gasteiger partial charge in [0.1, 0.15) is 45.7 Å². The Balaban J connectivity index is 1.46. The van der Waals surface area contributed by atoms with Crippen LogP contribution >= 0.6 is 23.5 Å². The predicted molar refractivity (Wildman–Crippen MR) is 253 cm³/mol. The van der Waals surface area contributed by atoms with Gasteiger partial charge >= 0.3 is 48.3 Å². The number of amides is 4. The van der Waals surface area contributed by atoms with Gasteiger partial charge in [-0.15, -0.1) is 11.8 Å². The molecule has 0 aliphatic heterocycles. The number of esters is 4. The average Bonchev–Trinajstić information content (AvgIpc) is 3.32. The van der Waals surface area contributed by atoms with E-state index in [1.807, 2.05) is 30.3 Å². The van der Waals surface area contributed by atoms with E-state index >= 15 is 0 Å². The average molecular weight is 983 g/mol. The summed E-state index contributed by atoms with van der Waals surface area (Å²) in [6.07, 6.45) is -0.597. The van der Waals surface area contributed by atoms with Crippen LogP contribution in [0.5, 0.6) is 0 Å². The van der Waals surface area contributed by atoms with Crippen molar-refractivity contribution >= 4 is 94.5 Å². The number of carbonyl (C=O) groups excluding carboxylic acids is 8. The van der Waals surface area contributed by atoms with Gasteiger partial charge in [0.15, 0.2) is 0 Å². The molecule has 0 heterocycles. The van der Waals surface area contributed by atoms with E-state index in [0.717, 1.165) is 17.0 Å². The van der Waals surface area contributed by atoms with Crippen LogP contribution in [0.1, 0.15) is 32.1 Å². The molecule has 0 aliphatic rings. The van der Waals surface area contributed by atoms with Crippen LogP contribution in [0, 0.1) is 0 Å². The first-order valence-corrected chi connectivity index (χ1v) is 23.2. The highest BCUT2D eigenvalue weighted by molar-refractivity contribution is 7.99. The maximum atomic E-state index is 13.1. The van der Waals surface area contributed by atoms with Crippen LogP contribution in [0.25, 0.3) is 0 Å². The van der Waals surface area contributed by atoms with Crippen molar-refractivity contribution in [3.05, 3.63) is 104 Å². The molecule has 0 radical (unpaired) electrons. The molecule has 366 valence electrons. The Hall–Kier alpha value is -7.20. The second-order valence-electron chi connectivity index (χ2n) is 13.5. The molecule has 3 rings (SSSR count). The molecule has 0 saturated heterocycles. The van der Waals surface area contributed by atoms with Crippen molar-refractivity contribution in [2.75, 3.05) is 84.8 Å². The number of ether oxygens (including phenoxy) is 8. The van der Waals surface area contributed by atoms with E-state index in [9.17, 15) is 38.4 Å². The Morgan fingerprint density at radius 1 is 0.500 bits per heavy atom. The van der Waals surface area contributed by atoms with Crippen molar-refractivity contribution in [2.24, 2.45) is 0 Å². The van der Waals surface area contributed by atoms with Gasteiger partial charge in [-0.25, -0.2) is 28.8 Å². The SMILES string of the molecule is C=CC(=O)OCCOC(=O)CCCCCOC(=O)Nc1cccc(NC(=O)OC(COC(=O)Nc2cccc(NC(=O)OCCOC(=O)C=C)c2)CSCCC(=O)OCCSc2ccccc2)c1. The minimum atomic E-state index is -0.992. The second kappa shape index (κ2) is 33.3. The number of hydrogen-bond acceptors (Lipinski definition) is 18. The van der Waals surface area contributed by atoms with Crippen LogP contribution in [0.4, 0.5) is 41.9 Å². The highest BCUT2D eigenvalue weighted by Gasteiger charge is 2.19. The fraction of sp³-hybridized carbons (Fsp3) is 0.348. The Bertz CT molecular complexity index is 2130. The maximum absolute atomic E-state index is 13.1. The minimum Gasteiger partial charge on any atom is -0.465 e. The van der Waals surface area contributed by atoms with Gasteiger partial charge in [0.2, 0.25) is 0 Å². The fourth-order valence-corrected chi connectivity index (χ4v) is 6.80. The number of hydrogen-bond donors (Lipinski definition) is 4. The molecule has 22 heteroatoms. The van der Waals surface area contributed by atoms with Gasteiger partial charge in [-0.1, -0.05) is 43.5 Å². The van der Waals surface area contributed by atoms with E-state index in [1.54, 1.807) is 42.1 Å². The molecule has 1 unspecified atom stereocenters. The van der Waals surface area contributed by atoms with E-state index in [-0.39, 0.29) is 81.9 Å². The quantitative estimate of drug-likeness (QED) is 0.0162. The summed E-state index contributed by atoms with van der Waals surface area (Å²) in [5, 5.41) is 10.2. The Morgan fingerprint density at radius 3 is 1.59 bits per heavy atom. The highest BCUT2D eigenvalue weighted by Crippen LogP contribution is 2.19. The van der Waals surface area contributed by atoms with Crippen molar-refractivity contribution in [1.29, 1.82) is 0 Å². The molecular formula is C46H54N4O16S2. The van der Waals surface area contributed by atoms with E-state index in [0.29, 0.717) is 36.5 Å². The van der Waals surface area contributed by atoms with Crippen molar-refractivity contribution < 1.29 is 76.3 Å². The van der Waals surface area contributed by atoms with Crippen LogP contribution in [0.2, 0.25) is 0 Å². The number of nitrogens with one attached hydrogen (secondary N) is 4. The Kier molecular flexibility index (Phi) is 27.0. The summed E-state index contributed by atoms with van der Waals surface area (Å²) in [6.45, 7) is 5.97. The lowest BCUT2D eigenvalue weighted by atomic mass is 10.2. The molecular weight excluding hydrogens is 929 g/mol. The Morgan fingerprint density at radius 2 is 1.00 bits per heavy atom. The molecule has 0 saturated carbocycles. The first kappa shape index (κ1) is 55.1.